The molecule has 0 bridgehead atoms. The predicted molar refractivity (Wildman–Crippen MR) is 58.5 cm³/mol. The zero-order valence-corrected chi connectivity index (χ0v) is 10.2. The van der Waals surface area contributed by atoms with E-state index >= 15 is 0 Å². The van der Waals surface area contributed by atoms with Gasteiger partial charge in [0.15, 0.2) is 0 Å². The van der Waals surface area contributed by atoms with Gasteiger partial charge in [-0.15, -0.1) is 0 Å². The third-order valence-electron chi connectivity index (χ3n) is 2.09. The molecule has 0 heterocycles. The van der Waals surface area contributed by atoms with E-state index in [-0.39, 0.29) is 11.3 Å². The molecule has 0 saturated heterocycles. The van der Waals surface area contributed by atoms with Crippen molar-refractivity contribution in [2.75, 3.05) is 0 Å². The number of amides is 1. The van der Waals surface area contributed by atoms with Gasteiger partial charge in [-0.3, -0.25) is 4.79 Å². The molecule has 0 radical (unpaired) electrons. The highest BCUT2D eigenvalue weighted by molar-refractivity contribution is 5.86. The lowest BCUT2D eigenvalue weighted by molar-refractivity contribution is -0.146. The number of rotatable bonds is 4. The predicted octanol–water partition coefficient (Wildman–Crippen LogP) is 1.79. The number of carbonyl (C=O) groups is 2. The van der Waals surface area contributed by atoms with Gasteiger partial charge in [0, 0.05) is 6.42 Å². The lowest BCUT2D eigenvalue weighted by Crippen LogP contribution is -2.49. The Labute approximate surface area is 91.1 Å². The Morgan fingerprint density at radius 3 is 1.93 bits per heavy atom. The zero-order chi connectivity index (χ0) is 12.3. The molecule has 0 saturated carbocycles. The molecule has 4 nitrogen and oxygen atoms in total. The van der Waals surface area contributed by atoms with E-state index in [4.69, 9.17) is 5.11 Å². The first-order chi connectivity index (χ1) is 6.54. The maximum atomic E-state index is 11.4. The molecule has 4 heteroatoms. The van der Waals surface area contributed by atoms with Crippen LogP contribution in [-0.4, -0.2) is 22.5 Å². The first kappa shape index (κ1) is 13.9. The average molecular weight is 215 g/mol. The van der Waals surface area contributed by atoms with Crippen LogP contribution in [0.4, 0.5) is 0 Å². The third-order valence-corrected chi connectivity index (χ3v) is 2.09. The van der Waals surface area contributed by atoms with E-state index in [1.165, 1.54) is 13.8 Å². The Balaban J connectivity index is 4.11. The van der Waals surface area contributed by atoms with Crippen molar-refractivity contribution < 1.29 is 14.7 Å². The fourth-order valence-corrected chi connectivity index (χ4v) is 0.953. The zero-order valence-electron chi connectivity index (χ0n) is 10.2. The number of carboxylic acid groups (broad SMARTS) is 1. The molecule has 0 aliphatic heterocycles. The van der Waals surface area contributed by atoms with Crippen LogP contribution in [0.5, 0.6) is 0 Å². The number of carbonyl (C=O) groups excluding carboxylic acids is 1. The minimum Gasteiger partial charge on any atom is -0.480 e. The van der Waals surface area contributed by atoms with E-state index < -0.39 is 11.5 Å². The molecule has 1 amide bonds. The summed E-state index contributed by atoms with van der Waals surface area (Å²) in [4.78, 5) is 22.2. The van der Waals surface area contributed by atoms with Gasteiger partial charge in [0.2, 0.25) is 5.91 Å². The summed E-state index contributed by atoms with van der Waals surface area (Å²) in [7, 11) is 0. The van der Waals surface area contributed by atoms with Crippen LogP contribution in [-0.2, 0) is 9.59 Å². The maximum absolute atomic E-state index is 11.4. The molecule has 88 valence electrons. The summed E-state index contributed by atoms with van der Waals surface area (Å²) >= 11 is 0. The highest BCUT2D eigenvalue weighted by Crippen LogP contribution is 2.20. The van der Waals surface area contributed by atoms with Crippen molar-refractivity contribution in [3.8, 4) is 0 Å². The minimum atomic E-state index is -1.19. The van der Waals surface area contributed by atoms with Crippen molar-refractivity contribution in [1.29, 1.82) is 0 Å². The van der Waals surface area contributed by atoms with Crippen molar-refractivity contribution in [3.05, 3.63) is 0 Å². The second kappa shape index (κ2) is 4.64. The Morgan fingerprint density at radius 1 is 1.13 bits per heavy atom. The molecule has 0 rings (SSSR count). The number of nitrogens with one attached hydrogen (secondary N) is 1. The molecule has 0 aromatic rings. The van der Waals surface area contributed by atoms with E-state index in [1.807, 2.05) is 20.8 Å². The normalized spacial score (nSPS) is 12.3. The standard InChI is InChI=1S/C11H21NO3/c1-10(2,3)7-6-8(13)12-11(4,5)9(14)15/h6-7H2,1-5H3,(H,12,13)(H,14,15). The minimum absolute atomic E-state index is 0.0880. The Bertz CT molecular complexity index is 251. The Kier molecular flexibility index (Phi) is 4.31. The van der Waals surface area contributed by atoms with Crippen molar-refractivity contribution in [3.63, 3.8) is 0 Å². The van der Waals surface area contributed by atoms with Crippen LogP contribution in [0, 0.1) is 5.41 Å². The summed E-state index contributed by atoms with van der Waals surface area (Å²) in [5, 5.41) is 11.3. The summed E-state index contributed by atoms with van der Waals surface area (Å²) in [6.07, 6.45) is 1.11. The molecular formula is C11H21NO3. The van der Waals surface area contributed by atoms with Gasteiger partial charge in [-0.1, -0.05) is 20.8 Å². The molecular weight excluding hydrogens is 194 g/mol. The summed E-state index contributed by atoms with van der Waals surface area (Å²) in [5.41, 5.74) is -1.10. The van der Waals surface area contributed by atoms with Gasteiger partial charge in [-0.25, -0.2) is 4.79 Å². The molecule has 2 N–H and O–H groups in total. The first-order valence-corrected chi connectivity index (χ1v) is 5.09. The summed E-state index contributed by atoms with van der Waals surface area (Å²) in [5.74, 6) is -1.23. The number of hydrogen-bond donors (Lipinski definition) is 2. The average Bonchev–Trinajstić information content (AvgIpc) is 1.98. The Morgan fingerprint density at radius 2 is 1.60 bits per heavy atom. The molecule has 0 aromatic carbocycles. The van der Waals surface area contributed by atoms with Gasteiger partial charge in [0.25, 0.3) is 0 Å². The second-order valence-electron chi connectivity index (χ2n) is 5.54. The first-order valence-electron chi connectivity index (χ1n) is 5.09. The number of hydrogen-bond acceptors (Lipinski definition) is 2. The third kappa shape index (κ3) is 6.10. The molecule has 0 spiro atoms. The lowest BCUT2D eigenvalue weighted by Gasteiger charge is -2.23. The van der Waals surface area contributed by atoms with Crippen molar-refractivity contribution in [1.82, 2.24) is 5.32 Å². The van der Waals surface area contributed by atoms with Gasteiger partial charge < -0.3 is 10.4 Å². The Hall–Kier alpha value is -1.06. The smallest absolute Gasteiger partial charge is 0.328 e. The topological polar surface area (TPSA) is 66.4 Å². The molecule has 0 aliphatic carbocycles. The number of carboxylic acids is 1. The summed E-state index contributed by atoms with van der Waals surface area (Å²) in [6.45, 7) is 9.09. The SMILES string of the molecule is CC(C)(C)CCC(=O)NC(C)(C)C(=O)O. The van der Waals surface area contributed by atoms with Gasteiger partial charge in [0.05, 0.1) is 0 Å². The van der Waals surface area contributed by atoms with E-state index in [1.54, 1.807) is 0 Å². The number of aliphatic carboxylic acids is 1. The van der Waals surface area contributed by atoms with Gasteiger partial charge in [-0.05, 0) is 25.7 Å². The van der Waals surface area contributed by atoms with Crippen LogP contribution in [0.15, 0.2) is 0 Å². The molecule has 15 heavy (non-hydrogen) atoms. The van der Waals surface area contributed by atoms with Crippen LogP contribution in [0.1, 0.15) is 47.5 Å². The van der Waals surface area contributed by atoms with Gasteiger partial charge in [-0.2, -0.15) is 0 Å². The fourth-order valence-electron chi connectivity index (χ4n) is 0.953. The summed E-state index contributed by atoms with van der Waals surface area (Å²) < 4.78 is 0. The van der Waals surface area contributed by atoms with Crippen molar-refractivity contribution in [2.24, 2.45) is 5.41 Å². The van der Waals surface area contributed by atoms with Crippen LogP contribution in [0.3, 0.4) is 0 Å². The fraction of sp³-hybridized carbons (Fsp3) is 0.818. The van der Waals surface area contributed by atoms with Crippen molar-refractivity contribution >= 4 is 11.9 Å². The van der Waals surface area contributed by atoms with Gasteiger partial charge in [0.1, 0.15) is 5.54 Å². The van der Waals surface area contributed by atoms with E-state index in [0.29, 0.717) is 6.42 Å². The molecule has 0 aliphatic rings. The van der Waals surface area contributed by atoms with Crippen LogP contribution in [0.2, 0.25) is 0 Å². The van der Waals surface area contributed by atoms with Crippen molar-refractivity contribution in [2.45, 2.75) is 53.0 Å². The monoisotopic (exact) mass is 215 g/mol. The molecule has 0 fully saturated rings. The van der Waals surface area contributed by atoms with E-state index in [0.717, 1.165) is 6.42 Å². The summed E-state index contributed by atoms with van der Waals surface area (Å²) in [6, 6.07) is 0. The quantitative estimate of drug-likeness (QED) is 0.751. The second-order valence-corrected chi connectivity index (χ2v) is 5.54. The molecule has 0 aromatic heterocycles. The molecule has 0 atom stereocenters. The van der Waals surface area contributed by atoms with Crippen LogP contribution in [0.25, 0.3) is 0 Å². The van der Waals surface area contributed by atoms with E-state index in [9.17, 15) is 9.59 Å². The highest BCUT2D eigenvalue weighted by atomic mass is 16.4. The van der Waals surface area contributed by atoms with Crippen LogP contribution >= 0.6 is 0 Å². The van der Waals surface area contributed by atoms with Crippen LogP contribution < -0.4 is 5.32 Å². The van der Waals surface area contributed by atoms with Gasteiger partial charge >= 0.3 is 5.97 Å². The lowest BCUT2D eigenvalue weighted by atomic mass is 9.90. The highest BCUT2D eigenvalue weighted by Gasteiger charge is 2.28. The maximum Gasteiger partial charge on any atom is 0.328 e. The van der Waals surface area contributed by atoms with E-state index in [2.05, 4.69) is 5.32 Å². The largest absolute Gasteiger partial charge is 0.480 e. The molecule has 0 unspecified atom stereocenters.